The monoisotopic (exact) mass is 566 g/mol. The van der Waals surface area contributed by atoms with E-state index >= 15 is 0 Å². The number of likely N-dealkylation sites (tertiary alicyclic amines) is 1. The van der Waals surface area contributed by atoms with Crippen molar-refractivity contribution in [1.29, 1.82) is 0 Å². The molecule has 0 amide bonds. The number of anilines is 2. The molecule has 42 heavy (non-hydrogen) atoms. The minimum Gasteiger partial charge on any atom is -0.490 e. The van der Waals surface area contributed by atoms with Gasteiger partial charge in [0.05, 0.1) is 18.3 Å². The lowest BCUT2D eigenvalue weighted by Gasteiger charge is -2.33. The summed E-state index contributed by atoms with van der Waals surface area (Å²) in [6.45, 7) is 3.31. The van der Waals surface area contributed by atoms with Crippen molar-refractivity contribution in [1.82, 2.24) is 24.8 Å². The number of nitrogens with zero attached hydrogens (tertiary/aromatic N) is 4. The molecular formula is C32H34N6O4. The minimum absolute atomic E-state index is 0.0249. The molecule has 10 nitrogen and oxygen atoms in total. The van der Waals surface area contributed by atoms with Gasteiger partial charge in [-0.3, -0.25) is 19.1 Å². The number of hydrogen-bond acceptors (Lipinski definition) is 9. The third-order valence-electron chi connectivity index (χ3n) is 8.56. The van der Waals surface area contributed by atoms with Crippen LogP contribution in [-0.2, 0) is 4.74 Å². The topological polar surface area (TPSA) is 111 Å². The van der Waals surface area contributed by atoms with Crippen molar-refractivity contribution in [3.05, 3.63) is 87.8 Å². The van der Waals surface area contributed by atoms with Gasteiger partial charge in [-0.05, 0) is 62.3 Å². The van der Waals surface area contributed by atoms with Crippen molar-refractivity contribution in [2.75, 3.05) is 45.2 Å². The van der Waals surface area contributed by atoms with Crippen molar-refractivity contribution < 1.29 is 14.3 Å². The van der Waals surface area contributed by atoms with E-state index in [1.165, 1.54) is 4.57 Å². The summed E-state index contributed by atoms with van der Waals surface area (Å²) in [5.41, 5.74) is 3.23. The molecule has 0 bridgehead atoms. The Hall–Kier alpha value is -4.12. The molecule has 2 aromatic heterocycles. The van der Waals surface area contributed by atoms with Gasteiger partial charge in [0, 0.05) is 42.0 Å². The quantitative estimate of drug-likeness (QED) is 0.368. The third-order valence-corrected chi connectivity index (χ3v) is 8.56. The molecule has 0 radical (unpaired) electrons. The second kappa shape index (κ2) is 11.3. The van der Waals surface area contributed by atoms with Crippen LogP contribution in [0.4, 0.5) is 11.6 Å². The molecule has 216 valence electrons. The van der Waals surface area contributed by atoms with Crippen molar-refractivity contribution in [3.63, 3.8) is 0 Å². The van der Waals surface area contributed by atoms with Crippen LogP contribution in [0.1, 0.15) is 58.9 Å². The smallest absolute Gasteiger partial charge is 0.257 e. The van der Waals surface area contributed by atoms with Gasteiger partial charge in [-0.15, -0.1) is 0 Å². The largest absolute Gasteiger partial charge is 0.490 e. The fraction of sp³-hybridized carbons (Fsp3) is 0.375. The molecule has 5 heterocycles. The highest BCUT2D eigenvalue weighted by molar-refractivity contribution is 6.03. The van der Waals surface area contributed by atoms with E-state index in [1.807, 2.05) is 42.5 Å². The van der Waals surface area contributed by atoms with Gasteiger partial charge in [-0.1, -0.05) is 30.7 Å². The zero-order chi connectivity index (χ0) is 28.6. The van der Waals surface area contributed by atoms with E-state index in [1.54, 1.807) is 18.3 Å². The van der Waals surface area contributed by atoms with Crippen LogP contribution in [0.15, 0.2) is 65.6 Å². The number of para-hydroxylation sites is 1. The number of piperidine rings is 1. The molecule has 2 aromatic carbocycles. The number of morpholine rings is 1. The molecule has 3 unspecified atom stereocenters. The zero-order valence-corrected chi connectivity index (χ0v) is 23.6. The van der Waals surface area contributed by atoms with Crippen LogP contribution in [-0.4, -0.2) is 65.1 Å². The predicted molar refractivity (Wildman–Crippen MR) is 160 cm³/mol. The van der Waals surface area contributed by atoms with Crippen molar-refractivity contribution in [3.8, 4) is 5.75 Å². The lowest BCUT2D eigenvalue weighted by atomic mass is 9.95. The molecule has 2 saturated heterocycles. The van der Waals surface area contributed by atoms with E-state index in [-0.39, 0.29) is 30.1 Å². The number of rotatable bonds is 5. The van der Waals surface area contributed by atoms with Gasteiger partial charge in [0.2, 0.25) is 5.95 Å². The van der Waals surface area contributed by atoms with Gasteiger partial charge in [-0.25, -0.2) is 4.98 Å². The van der Waals surface area contributed by atoms with Gasteiger partial charge < -0.3 is 20.1 Å². The highest BCUT2D eigenvalue weighted by Gasteiger charge is 2.34. The number of carbonyl (C=O) groups is 1. The fourth-order valence-electron chi connectivity index (χ4n) is 6.30. The average molecular weight is 567 g/mol. The summed E-state index contributed by atoms with van der Waals surface area (Å²) < 4.78 is 13.4. The lowest BCUT2D eigenvalue weighted by Crippen LogP contribution is -2.41. The van der Waals surface area contributed by atoms with E-state index in [2.05, 4.69) is 27.6 Å². The first-order valence-electron chi connectivity index (χ1n) is 14.6. The Kier molecular flexibility index (Phi) is 7.19. The SMILES string of the molecule is CN1CCCCC1c1cc2cnc(Nc3ccc(C4CNCCO4)cc3)nc2n(C2COc3ccccc3C2=O)c1=O. The minimum atomic E-state index is -0.838. The van der Waals surface area contributed by atoms with E-state index in [0.717, 1.165) is 50.1 Å². The number of ether oxygens (including phenoxy) is 2. The number of fused-ring (bicyclic) bond motifs is 2. The molecule has 10 heteroatoms. The third kappa shape index (κ3) is 4.95. The number of benzene rings is 2. The second-order valence-electron chi connectivity index (χ2n) is 11.2. The molecule has 3 atom stereocenters. The molecule has 3 aliphatic rings. The molecule has 0 spiro atoms. The summed E-state index contributed by atoms with van der Waals surface area (Å²) in [5.74, 6) is 0.720. The van der Waals surface area contributed by atoms with Crippen LogP contribution in [0, 0.1) is 0 Å². The first-order chi connectivity index (χ1) is 20.6. The molecule has 2 fully saturated rings. The predicted octanol–water partition coefficient (Wildman–Crippen LogP) is 4.17. The number of pyridine rings is 1. The maximum atomic E-state index is 14.3. The van der Waals surface area contributed by atoms with E-state index in [4.69, 9.17) is 14.5 Å². The van der Waals surface area contributed by atoms with Gasteiger partial charge in [0.1, 0.15) is 24.0 Å². The summed E-state index contributed by atoms with van der Waals surface area (Å²) in [6, 6.07) is 16.2. The highest BCUT2D eigenvalue weighted by Crippen LogP contribution is 2.33. The Morgan fingerprint density at radius 2 is 1.90 bits per heavy atom. The van der Waals surface area contributed by atoms with Gasteiger partial charge in [0.15, 0.2) is 5.78 Å². The number of nitrogens with one attached hydrogen (secondary N) is 2. The van der Waals surface area contributed by atoms with Crippen molar-refractivity contribution in [2.45, 2.75) is 37.5 Å². The summed E-state index contributed by atoms with van der Waals surface area (Å²) in [4.78, 5) is 39.7. The summed E-state index contributed by atoms with van der Waals surface area (Å²) in [7, 11) is 2.05. The fourth-order valence-corrected chi connectivity index (χ4v) is 6.30. The Morgan fingerprint density at radius 1 is 1.05 bits per heavy atom. The maximum Gasteiger partial charge on any atom is 0.257 e. The van der Waals surface area contributed by atoms with Crippen LogP contribution in [0.2, 0.25) is 0 Å². The van der Waals surface area contributed by atoms with Crippen LogP contribution in [0.25, 0.3) is 11.0 Å². The number of hydrogen-bond donors (Lipinski definition) is 2. The van der Waals surface area contributed by atoms with E-state index in [0.29, 0.717) is 40.5 Å². The molecule has 3 aliphatic heterocycles. The highest BCUT2D eigenvalue weighted by atomic mass is 16.5. The number of aromatic nitrogens is 3. The zero-order valence-electron chi connectivity index (χ0n) is 23.6. The Bertz CT molecular complexity index is 1680. The van der Waals surface area contributed by atoms with Crippen LogP contribution < -0.4 is 20.9 Å². The lowest BCUT2D eigenvalue weighted by molar-refractivity contribution is 0.0277. The Balaban J connectivity index is 1.28. The van der Waals surface area contributed by atoms with Gasteiger partial charge >= 0.3 is 0 Å². The molecule has 4 aromatic rings. The molecule has 0 aliphatic carbocycles. The first kappa shape index (κ1) is 26.8. The van der Waals surface area contributed by atoms with Crippen molar-refractivity contribution in [2.24, 2.45) is 0 Å². The maximum absolute atomic E-state index is 14.3. The Labute approximate surface area is 243 Å². The molecular weight excluding hydrogens is 532 g/mol. The van der Waals surface area contributed by atoms with Crippen LogP contribution in [0.5, 0.6) is 5.75 Å². The summed E-state index contributed by atoms with van der Waals surface area (Å²) in [5, 5.41) is 7.33. The average Bonchev–Trinajstić information content (AvgIpc) is 3.03. The molecule has 0 saturated carbocycles. The number of Topliss-reactive ketones (excluding diaryl/α,β-unsaturated/α-hetero) is 1. The Morgan fingerprint density at radius 3 is 2.71 bits per heavy atom. The number of carbonyl (C=O) groups excluding carboxylic acids is 1. The van der Waals surface area contributed by atoms with E-state index in [9.17, 15) is 9.59 Å². The van der Waals surface area contributed by atoms with Crippen molar-refractivity contribution >= 4 is 28.5 Å². The normalized spacial score (nSPS) is 22.9. The summed E-state index contributed by atoms with van der Waals surface area (Å²) in [6.07, 6.45) is 4.78. The second-order valence-corrected chi connectivity index (χ2v) is 11.2. The van der Waals surface area contributed by atoms with Crippen LogP contribution >= 0.6 is 0 Å². The van der Waals surface area contributed by atoms with Gasteiger partial charge in [-0.2, -0.15) is 4.98 Å². The standard InChI is InChI=1S/C32H34N6O4/c1-37-14-5-4-7-25(37)24-16-21-17-34-32(35-22-11-9-20(10-12-22)28-18-33-13-15-41-28)36-30(21)38(31(24)40)26-19-42-27-8-3-2-6-23(27)29(26)39/h2-3,6,8-12,16-17,25-26,28,33H,4-5,7,13-15,18-19H2,1H3,(H,34,35,36). The first-order valence-corrected chi connectivity index (χ1v) is 14.6. The molecule has 7 rings (SSSR count). The van der Waals surface area contributed by atoms with Crippen LogP contribution in [0.3, 0.4) is 0 Å². The van der Waals surface area contributed by atoms with Gasteiger partial charge in [0.25, 0.3) is 5.56 Å². The molecule has 2 N–H and O–H groups in total. The number of ketones is 1. The van der Waals surface area contributed by atoms with E-state index < -0.39 is 6.04 Å². The summed E-state index contributed by atoms with van der Waals surface area (Å²) >= 11 is 0.